The number of fused-ring (bicyclic) bond motifs is 1. The van der Waals surface area contributed by atoms with Gasteiger partial charge in [0.1, 0.15) is 5.75 Å². The summed E-state index contributed by atoms with van der Waals surface area (Å²) in [6, 6.07) is 14.5. The number of nitrogens with one attached hydrogen (secondary N) is 1. The molecule has 1 aliphatic rings. The summed E-state index contributed by atoms with van der Waals surface area (Å²) in [6.07, 6.45) is 3.57. The van der Waals surface area contributed by atoms with Crippen molar-refractivity contribution in [2.75, 3.05) is 6.61 Å². The van der Waals surface area contributed by atoms with Crippen LogP contribution in [0.3, 0.4) is 0 Å². The third kappa shape index (κ3) is 4.22. The maximum atomic E-state index is 12.3. The summed E-state index contributed by atoms with van der Waals surface area (Å²) in [6.45, 7) is 6.31. The molecule has 0 saturated carbocycles. The van der Waals surface area contributed by atoms with Crippen molar-refractivity contribution in [2.45, 2.75) is 52.0 Å². The highest BCUT2D eigenvalue weighted by molar-refractivity contribution is 5.78. The van der Waals surface area contributed by atoms with Crippen molar-refractivity contribution >= 4 is 5.91 Å². The zero-order chi connectivity index (χ0) is 17.8. The minimum absolute atomic E-state index is 0.0117. The van der Waals surface area contributed by atoms with E-state index in [1.165, 1.54) is 24.0 Å². The van der Waals surface area contributed by atoms with Crippen molar-refractivity contribution in [3.05, 3.63) is 64.7 Å². The number of amides is 1. The average molecular weight is 337 g/mol. The topological polar surface area (TPSA) is 38.3 Å². The summed E-state index contributed by atoms with van der Waals surface area (Å²) in [5.74, 6) is 1.06. The van der Waals surface area contributed by atoms with Crippen LogP contribution in [0.2, 0.25) is 0 Å². The van der Waals surface area contributed by atoms with Crippen molar-refractivity contribution in [3.63, 3.8) is 0 Å². The number of rotatable bonds is 6. The molecule has 3 heteroatoms. The Bertz CT molecular complexity index is 751. The van der Waals surface area contributed by atoms with E-state index in [1.54, 1.807) is 0 Å². The fourth-order valence-electron chi connectivity index (χ4n) is 3.46. The molecule has 2 aromatic carbocycles. The molecule has 0 heterocycles. The quantitative estimate of drug-likeness (QED) is 0.839. The van der Waals surface area contributed by atoms with Gasteiger partial charge in [-0.2, -0.15) is 0 Å². The van der Waals surface area contributed by atoms with Crippen LogP contribution in [0.25, 0.3) is 0 Å². The predicted octanol–water partition coefficient (Wildman–Crippen LogP) is 4.55. The van der Waals surface area contributed by atoms with E-state index in [4.69, 9.17) is 4.74 Å². The highest BCUT2D eigenvalue weighted by Crippen LogP contribution is 2.26. The Hall–Kier alpha value is -2.29. The number of para-hydroxylation sites is 1. The lowest BCUT2D eigenvalue weighted by molar-refractivity contribution is -0.123. The van der Waals surface area contributed by atoms with Crippen LogP contribution in [0.4, 0.5) is 0 Å². The van der Waals surface area contributed by atoms with Crippen molar-refractivity contribution in [2.24, 2.45) is 0 Å². The normalized spacial score (nSPS) is 14.2. The molecule has 0 fully saturated rings. The average Bonchev–Trinajstić information content (AvgIpc) is 3.07. The van der Waals surface area contributed by atoms with Gasteiger partial charge in [-0.05, 0) is 60.4 Å². The van der Waals surface area contributed by atoms with E-state index in [2.05, 4.69) is 37.4 Å². The van der Waals surface area contributed by atoms with E-state index >= 15 is 0 Å². The molecule has 3 nitrogen and oxygen atoms in total. The summed E-state index contributed by atoms with van der Waals surface area (Å²) in [5, 5.41) is 3.04. The molecule has 2 aromatic rings. The van der Waals surface area contributed by atoms with Gasteiger partial charge in [-0.3, -0.25) is 4.79 Å². The molecule has 0 bridgehead atoms. The Kier molecular flexibility index (Phi) is 5.42. The maximum Gasteiger partial charge on any atom is 0.258 e. The third-order valence-electron chi connectivity index (χ3n) is 4.90. The van der Waals surface area contributed by atoms with Gasteiger partial charge in [0.2, 0.25) is 0 Å². The van der Waals surface area contributed by atoms with Gasteiger partial charge in [-0.1, -0.05) is 50.2 Å². The molecule has 0 spiro atoms. The molecular weight excluding hydrogens is 310 g/mol. The van der Waals surface area contributed by atoms with E-state index in [9.17, 15) is 4.79 Å². The van der Waals surface area contributed by atoms with Crippen molar-refractivity contribution in [3.8, 4) is 5.75 Å². The molecule has 1 atom stereocenters. The molecule has 0 saturated heterocycles. The molecule has 3 rings (SSSR count). The minimum Gasteiger partial charge on any atom is -0.483 e. The second kappa shape index (κ2) is 7.73. The maximum absolute atomic E-state index is 12.3. The summed E-state index contributed by atoms with van der Waals surface area (Å²) in [4.78, 5) is 12.3. The molecule has 1 N–H and O–H groups in total. The first-order valence-corrected chi connectivity index (χ1v) is 9.17. The molecule has 132 valence electrons. The number of benzene rings is 2. The van der Waals surface area contributed by atoms with Gasteiger partial charge in [0.05, 0.1) is 6.04 Å². The van der Waals surface area contributed by atoms with E-state index in [1.807, 2.05) is 31.2 Å². The van der Waals surface area contributed by atoms with E-state index in [-0.39, 0.29) is 18.6 Å². The Labute approximate surface area is 150 Å². The van der Waals surface area contributed by atoms with E-state index in [0.717, 1.165) is 23.3 Å². The zero-order valence-electron chi connectivity index (χ0n) is 15.3. The summed E-state index contributed by atoms with van der Waals surface area (Å²) in [5.41, 5.74) is 5.18. The largest absolute Gasteiger partial charge is 0.483 e. The van der Waals surface area contributed by atoms with Gasteiger partial charge in [0.15, 0.2) is 6.61 Å². The zero-order valence-corrected chi connectivity index (χ0v) is 15.3. The predicted molar refractivity (Wildman–Crippen MR) is 101 cm³/mol. The van der Waals surface area contributed by atoms with Gasteiger partial charge < -0.3 is 10.1 Å². The second-order valence-corrected chi connectivity index (χ2v) is 7.15. The van der Waals surface area contributed by atoms with Crippen LogP contribution in [0, 0.1) is 0 Å². The molecular formula is C22H27NO2. The van der Waals surface area contributed by atoms with Gasteiger partial charge >= 0.3 is 0 Å². The van der Waals surface area contributed by atoms with Gasteiger partial charge in [-0.15, -0.1) is 0 Å². The molecule has 0 radical (unpaired) electrons. The second-order valence-electron chi connectivity index (χ2n) is 7.15. The van der Waals surface area contributed by atoms with Crippen LogP contribution in [-0.4, -0.2) is 12.5 Å². The highest BCUT2D eigenvalue weighted by Gasteiger charge is 2.15. The SMILES string of the molecule is CC(C)c1ccccc1OCC(=O)N[C@@H](C)c1ccc2c(c1)CCC2. The molecule has 1 aliphatic carbocycles. The Morgan fingerprint density at radius 2 is 1.84 bits per heavy atom. The lowest BCUT2D eigenvalue weighted by atomic mass is 10.0. The lowest BCUT2D eigenvalue weighted by Gasteiger charge is -2.17. The number of hydrogen-bond acceptors (Lipinski definition) is 2. The number of aryl methyl sites for hydroxylation is 2. The molecule has 25 heavy (non-hydrogen) atoms. The first-order valence-electron chi connectivity index (χ1n) is 9.17. The lowest BCUT2D eigenvalue weighted by Crippen LogP contribution is -2.31. The number of carbonyl (C=O) groups is 1. The number of hydrogen-bond donors (Lipinski definition) is 1. The summed E-state index contributed by atoms with van der Waals surface area (Å²) >= 11 is 0. The first-order chi connectivity index (χ1) is 12.0. The van der Waals surface area contributed by atoms with Crippen LogP contribution in [0.1, 0.15) is 61.4 Å². The minimum atomic E-state index is -0.0912. The smallest absolute Gasteiger partial charge is 0.258 e. The van der Waals surface area contributed by atoms with Crippen molar-refractivity contribution in [1.82, 2.24) is 5.32 Å². The monoisotopic (exact) mass is 337 g/mol. The number of carbonyl (C=O) groups excluding carboxylic acids is 1. The Balaban J connectivity index is 1.57. The summed E-state index contributed by atoms with van der Waals surface area (Å²) in [7, 11) is 0. The molecule has 0 aliphatic heterocycles. The van der Waals surface area contributed by atoms with Gasteiger partial charge in [0.25, 0.3) is 5.91 Å². The summed E-state index contributed by atoms with van der Waals surface area (Å²) < 4.78 is 5.76. The van der Waals surface area contributed by atoms with Crippen molar-refractivity contribution < 1.29 is 9.53 Å². The number of ether oxygens (including phenoxy) is 1. The highest BCUT2D eigenvalue weighted by atomic mass is 16.5. The third-order valence-corrected chi connectivity index (χ3v) is 4.90. The molecule has 0 aromatic heterocycles. The molecule has 0 unspecified atom stereocenters. The Morgan fingerprint density at radius 3 is 2.64 bits per heavy atom. The van der Waals surface area contributed by atoms with E-state index in [0.29, 0.717) is 5.92 Å². The van der Waals surface area contributed by atoms with E-state index < -0.39 is 0 Å². The van der Waals surface area contributed by atoms with Crippen LogP contribution < -0.4 is 10.1 Å². The van der Waals surface area contributed by atoms with Crippen molar-refractivity contribution in [1.29, 1.82) is 0 Å². The van der Waals surface area contributed by atoms with Crippen LogP contribution in [-0.2, 0) is 17.6 Å². The standard InChI is InChI=1S/C22H27NO2/c1-15(2)20-9-4-5-10-21(20)25-14-22(24)23-16(3)18-12-11-17-7-6-8-19(17)13-18/h4-5,9-13,15-16H,6-8,14H2,1-3H3,(H,23,24)/t16-/m0/s1. The van der Waals surface area contributed by atoms with Gasteiger partial charge in [-0.25, -0.2) is 0 Å². The van der Waals surface area contributed by atoms with Crippen LogP contribution in [0.5, 0.6) is 5.75 Å². The fourth-order valence-corrected chi connectivity index (χ4v) is 3.46. The van der Waals surface area contributed by atoms with Crippen LogP contribution in [0.15, 0.2) is 42.5 Å². The van der Waals surface area contributed by atoms with Gasteiger partial charge in [0, 0.05) is 0 Å². The van der Waals surface area contributed by atoms with Crippen LogP contribution >= 0.6 is 0 Å². The Morgan fingerprint density at radius 1 is 1.08 bits per heavy atom. The first kappa shape index (κ1) is 17.5. The molecule has 1 amide bonds. The fraction of sp³-hybridized carbons (Fsp3) is 0.409.